The molecular formula is C10H10ClNO2. The Kier molecular flexibility index (Phi) is 3.14. The Morgan fingerprint density at radius 2 is 2.21 bits per heavy atom. The van der Waals surface area contributed by atoms with Crippen LogP contribution in [0.1, 0.15) is 11.1 Å². The van der Waals surface area contributed by atoms with Gasteiger partial charge in [-0.3, -0.25) is 4.79 Å². The van der Waals surface area contributed by atoms with Crippen molar-refractivity contribution in [1.82, 2.24) is 0 Å². The number of carbonyl (C=O) groups excluding carboxylic acids is 1. The van der Waals surface area contributed by atoms with Crippen molar-refractivity contribution in [2.45, 2.75) is 6.92 Å². The third-order valence-corrected chi connectivity index (χ3v) is 1.94. The van der Waals surface area contributed by atoms with E-state index in [9.17, 15) is 9.90 Å². The summed E-state index contributed by atoms with van der Waals surface area (Å²) >= 11 is 5.78. The lowest BCUT2D eigenvalue weighted by Crippen LogP contribution is -2.05. The van der Waals surface area contributed by atoms with Crippen LogP contribution in [-0.4, -0.2) is 11.0 Å². The van der Waals surface area contributed by atoms with Gasteiger partial charge in [0.1, 0.15) is 5.75 Å². The molecule has 1 aromatic rings. The molecule has 0 saturated carbocycles. The Morgan fingerprint density at radius 3 is 2.79 bits per heavy atom. The normalized spacial score (nSPS) is 10.7. The van der Waals surface area contributed by atoms with Crippen LogP contribution in [0.2, 0.25) is 5.02 Å². The van der Waals surface area contributed by atoms with Crippen LogP contribution in [0.25, 0.3) is 6.08 Å². The molecule has 0 radical (unpaired) electrons. The highest BCUT2D eigenvalue weighted by atomic mass is 35.5. The van der Waals surface area contributed by atoms with Gasteiger partial charge >= 0.3 is 0 Å². The fraction of sp³-hybridized carbons (Fsp3) is 0.100. The molecule has 1 aromatic carbocycles. The summed E-state index contributed by atoms with van der Waals surface area (Å²) in [7, 11) is 0. The standard InChI is InChI=1S/C10H10ClNO2/c1-6-4-8(11)5-7(10(6)14)2-3-9(12)13/h2-5,14H,1H3,(H2,12,13). The Bertz CT molecular complexity index is 399. The number of hydrogen-bond donors (Lipinski definition) is 2. The molecule has 0 saturated heterocycles. The van der Waals surface area contributed by atoms with Crippen molar-refractivity contribution >= 4 is 23.6 Å². The predicted molar refractivity (Wildman–Crippen MR) is 56.1 cm³/mol. The number of hydrogen-bond acceptors (Lipinski definition) is 2. The van der Waals surface area contributed by atoms with Gasteiger partial charge in [-0.25, -0.2) is 0 Å². The predicted octanol–water partition coefficient (Wildman–Crippen LogP) is 1.85. The Hall–Kier alpha value is -1.48. The first kappa shape index (κ1) is 10.6. The lowest BCUT2D eigenvalue weighted by Gasteiger charge is -2.03. The average molecular weight is 212 g/mol. The van der Waals surface area contributed by atoms with Crippen molar-refractivity contribution in [2.24, 2.45) is 5.73 Å². The number of primary amides is 1. The van der Waals surface area contributed by atoms with E-state index in [1.807, 2.05) is 0 Å². The van der Waals surface area contributed by atoms with Gasteiger partial charge in [-0.05, 0) is 30.7 Å². The number of phenolic OH excluding ortho intramolecular Hbond substituents is 1. The highest BCUT2D eigenvalue weighted by molar-refractivity contribution is 6.30. The first-order valence-electron chi connectivity index (χ1n) is 3.97. The van der Waals surface area contributed by atoms with Crippen LogP contribution in [-0.2, 0) is 4.79 Å². The van der Waals surface area contributed by atoms with Crippen LogP contribution in [0.5, 0.6) is 5.75 Å². The monoisotopic (exact) mass is 211 g/mol. The van der Waals surface area contributed by atoms with Gasteiger partial charge < -0.3 is 10.8 Å². The van der Waals surface area contributed by atoms with Crippen LogP contribution in [0, 0.1) is 6.92 Å². The number of amides is 1. The molecule has 1 amide bonds. The van der Waals surface area contributed by atoms with Gasteiger partial charge in [-0.15, -0.1) is 0 Å². The summed E-state index contributed by atoms with van der Waals surface area (Å²) < 4.78 is 0. The van der Waals surface area contributed by atoms with Crippen LogP contribution in [0.15, 0.2) is 18.2 Å². The second-order valence-corrected chi connectivity index (χ2v) is 3.33. The minimum Gasteiger partial charge on any atom is -0.507 e. The molecule has 0 heterocycles. The Labute approximate surface area is 86.8 Å². The number of benzene rings is 1. The number of carbonyl (C=O) groups is 1. The van der Waals surface area contributed by atoms with Crippen LogP contribution < -0.4 is 5.73 Å². The molecule has 0 aliphatic rings. The first-order valence-corrected chi connectivity index (χ1v) is 4.35. The van der Waals surface area contributed by atoms with E-state index in [-0.39, 0.29) is 5.75 Å². The van der Waals surface area contributed by atoms with E-state index in [1.54, 1.807) is 19.1 Å². The minimum absolute atomic E-state index is 0.104. The third-order valence-electron chi connectivity index (χ3n) is 1.72. The number of nitrogens with two attached hydrogens (primary N) is 1. The van der Waals surface area contributed by atoms with Crippen LogP contribution >= 0.6 is 11.6 Å². The quantitative estimate of drug-likeness (QED) is 0.734. The lowest BCUT2D eigenvalue weighted by molar-refractivity contribution is -0.113. The first-order chi connectivity index (χ1) is 6.50. The molecule has 0 aliphatic carbocycles. The molecule has 3 nitrogen and oxygen atoms in total. The van der Waals surface area contributed by atoms with Crippen LogP contribution in [0.3, 0.4) is 0 Å². The number of rotatable bonds is 2. The molecule has 0 unspecified atom stereocenters. The second kappa shape index (κ2) is 4.15. The van der Waals surface area contributed by atoms with E-state index < -0.39 is 5.91 Å². The van der Waals surface area contributed by atoms with Crippen molar-refractivity contribution in [1.29, 1.82) is 0 Å². The van der Waals surface area contributed by atoms with E-state index in [4.69, 9.17) is 17.3 Å². The van der Waals surface area contributed by atoms with Gasteiger partial charge in [-0.2, -0.15) is 0 Å². The Morgan fingerprint density at radius 1 is 1.57 bits per heavy atom. The summed E-state index contributed by atoms with van der Waals surface area (Å²) in [4.78, 5) is 10.5. The van der Waals surface area contributed by atoms with Crippen molar-refractivity contribution in [2.75, 3.05) is 0 Å². The topological polar surface area (TPSA) is 63.3 Å². The largest absolute Gasteiger partial charge is 0.507 e. The van der Waals surface area contributed by atoms with Crippen molar-refractivity contribution in [3.63, 3.8) is 0 Å². The molecule has 0 aliphatic heterocycles. The molecule has 0 atom stereocenters. The molecule has 0 spiro atoms. The van der Waals surface area contributed by atoms with Crippen molar-refractivity contribution in [3.05, 3.63) is 34.4 Å². The smallest absolute Gasteiger partial charge is 0.241 e. The summed E-state index contributed by atoms with van der Waals surface area (Å²) in [6.45, 7) is 1.73. The molecule has 0 aromatic heterocycles. The van der Waals surface area contributed by atoms with Crippen molar-refractivity contribution < 1.29 is 9.90 Å². The van der Waals surface area contributed by atoms with E-state index in [0.29, 0.717) is 16.1 Å². The SMILES string of the molecule is Cc1cc(Cl)cc(C=CC(N)=O)c1O. The van der Waals surface area contributed by atoms with Gasteiger partial charge in [0, 0.05) is 16.7 Å². The highest BCUT2D eigenvalue weighted by Crippen LogP contribution is 2.27. The average Bonchev–Trinajstić information content (AvgIpc) is 2.08. The number of phenols is 1. The number of aryl methyl sites for hydroxylation is 1. The maximum atomic E-state index is 10.5. The van der Waals surface area contributed by atoms with Gasteiger partial charge in [0.15, 0.2) is 0 Å². The maximum absolute atomic E-state index is 10.5. The molecular weight excluding hydrogens is 202 g/mol. The van der Waals surface area contributed by atoms with Gasteiger partial charge in [0.05, 0.1) is 0 Å². The maximum Gasteiger partial charge on any atom is 0.241 e. The summed E-state index contributed by atoms with van der Waals surface area (Å²) in [6, 6.07) is 3.20. The molecule has 0 fully saturated rings. The summed E-state index contributed by atoms with van der Waals surface area (Å²) in [5.74, 6) is -0.464. The number of aromatic hydroxyl groups is 1. The van der Waals surface area contributed by atoms with Crippen LogP contribution in [0.4, 0.5) is 0 Å². The molecule has 74 valence electrons. The minimum atomic E-state index is -0.568. The van der Waals surface area contributed by atoms with Crippen molar-refractivity contribution in [3.8, 4) is 5.75 Å². The van der Waals surface area contributed by atoms with Gasteiger partial charge in [-0.1, -0.05) is 11.6 Å². The fourth-order valence-electron chi connectivity index (χ4n) is 1.06. The molecule has 1 rings (SSSR count). The summed E-state index contributed by atoms with van der Waals surface area (Å²) in [5, 5.41) is 10.1. The van der Waals surface area contributed by atoms with E-state index in [0.717, 1.165) is 0 Å². The second-order valence-electron chi connectivity index (χ2n) is 2.90. The Balaban J connectivity index is 3.14. The van der Waals surface area contributed by atoms with Gasteiger partial charge in [0.2, 0.25) is 5.91 Å². The molecule has 14 heavy (non-hydrogen) atoms. The zero-order valence-corrected chi connectivity index (χ0v) is 8.38. The zero-order valence-electron chi connectivity index (χ0n) is 7.62. The lowest BCUT2D eigenvalue weighted by atomic mass is 10.1. The third kappa shape index (κ3) is 2.50. The fourth-order valence-corrected chi connectivity index (χ4v) is 1.34. The van der Waals surface area contributed by atoms with Gasteiger partial charge in [0.25, 0.3) is 0 Å². The number of halogens is 1. The molecule has 3 N–H and O–H groups in total. The van der Waals surface area contributed by atoms with E-state index in [1.165, 1.54) is 12.2 Å². The van der Waals surface area contributed by atoms with E-state index >= 15 is 0 Å². The van der Waals surface area contributed by atoms with E-state index in [2.05, 4.69) is 0 Å². The molecule has 0 bridgehead atoms. The molecule has 4 heteroatoms. The zero-order chi connectivity index (χ0) is 10.7. The highest BCUT2D eigenvalue weighted by Gasteiger charge is 2.03. The summed E-state index contributed by atoms with van der Waals surface area (Å²) in [5.41, 5.74) is 6.06. The summed E-state index contributed by atoms with van der Waals surface area (Å²) in [6.07, 6.45) is 2.60.